The van der Waals surface area contributed by atoms with E-state index in [2.05, 4.69) is 0 Å². The van der Waals surface area contributed by atoms with Crippen molar-refractivity contribution >= 4 is 5.91 Å². The number of piperidine rings is 1. The molecule has 1 aliphatic heterocycles. The fourth-order valence-electron chi connectivity index (χ4n) is 2.80. The molecule has 0 bridgehead atoms. The molecule has 0 radical (unpaired) electrons. The number of rotatable bonds is 1. The van der Waals surface area contributed by atoms with Crippen LogP contribution in [0.2, 0.25) is 0 Å². The molecule has 1 aliphatic carbocycles. The minimum atomic E-state index is -7.30. The highest BCUT2D eigenvalue weighted by molar-refractivity contribution is 5.89. The van der Waals surface area contributed by atoms with Crippen molar-refractivity contribution in [2.45, 2.75) is 54.5 Å². The van der Waals surface area contributed by atoms with Crippen molar-refractivity contribution in [3.8, 4) is 0 Å². The normalized spacial score (nSPS) is 31.4. The highest BCUT2D eigenvalue weighted by atomic mass is 19.4. The molecule has 146 valence electrons. The number of nitrogens with zero attached hydrogens (tertiary/aromatic N) is 1. The van der Waals surface area contributed by atoms with Crippen LogP contribution < -0.4 is 0 Å². The number of carbonyl (C=O) groups is 1. The fraction of sp³-hybridized carbons (Fsp3) is 0.917. The Bertz CT molecular complexity index is 537. The maximum absolute atomic E-state index is 14.5. The van der Waals surface area contributed by atoms with Gasteiger partial charge in [-0.1, -0.05) is 0 Å². The Morgan fingerprint density at radius 3 is 1.24 bits per heavy atom. The third-order valence-corrected chi connectivity index (χ3v) is 4.38. The highest BCUT2D eigenvalue weighted by Crippen LogP contribution is 2.69. The molecule has 1 saturated heterocycles. The molecule has 25 heavy (non-hydrogen) atoms. The average molecular weight is 393 g/mol. The van der Waals surface area contributed by atoms with Gasteiger partial charge in [-0.15, -0.1) is 0 Å². The summed E-state index contributed by atoms with van der Waals surface area (Å²) in [5.74, 6) is -39.1. The Labute approximate surface area is 132 Å². The van der Waals surface area contributed by atoms with Crippen molar-refractivity contribution in [2.24, 2.45) is 0 Å². The van der Waals surface area contributed by atoms with Gasteiger partial charge in [-0.2, -0.15) is 43.9 Å². The predicted octanol–water partition coefficient (Wildman–Crippen LogP) is 3.90. The summed E-state index contributed by atoms with van der Waals surface area (Å²) in [4.78, 5) is 11.7. The van der Waals surface area contributed by atoms with Crippen LogP contribution in [0.4, 0.5) is 48.3 Å². The van der Waals surface area contributed by atoms with Crippen molar-refractivity contribution in [3.63, 3.8) is 0 Å². The van der Waals surface area contributed by atoms with E-state index in [1.54, 1.807) is 0 Å². The zero-order valence-electron chi connectivity index (χ0n) is 12.0. The van der Waals surface area contributed by atoms with E-state index in [1.807, 2.05) is 0 Å². The minimum Gasteiger partial charge on any atom is -0.339 e. The summed E-state index contributed by atoms with van der Waals surface area (Å²) in [6.45, 7) is -1.30. The Kier molecular flexibility index (Phi) is 4.10. The second-order valence-corrected chi connectivity index (χ2v) is 5.88. The van der Waals surface area contributed by atoms with Gasteiger partial charge < -0.3 is 4.90 Å². The van der Waals surface area contributed by atoms with Gasteiger partial charge in [0.05, 0.1) is 0 Å². The van der Waals surface area contributed by atoms with E-state index in [1.165, 1.54) is 0 Å². The maximum atomic E-state index is 14.5. The van der Waals surface area contributed by atoms with Gasteiger partial charge >= 0.3 is 35.3 Å². The van der Waals surface area contributed by atoms with Gasteiger partial charge in [0.2, 0.25) is 0 Å². The quantitative estimate of drug-likeness (QED) is 0.619. The lowest BCUT2D eigenvalue weighted by Crippen LogP contribution is -2.86. The van der Waals surface area contributed by atoms with Crippen molar-refractivity contribution in [3.05, 3.63) is 0 Å². The molecule has 0 unspecified atom stereocenters. The molecule has 0 aromatic rings. The molecular formula is C12H10F11NO. The average Bonchev–Trinajstić information content (AvgIpc) is 2.52. The molecule has 0 spiro atoms. The standard InChI is InChI=1S/C12H10F11NO/c13-7(6(25)24-4-2-1-3-5-24)8(14,15)10(18,19)12(22,23)11(20,21)9(7,16)17/h1-5H2. The summed E-state index contributed by atoms with van der Waals surface area (Å²) < 4.78 is 149. The first kappa shape index (κ1) is 20.0. The van der Waals surface area contributed by atoms with Gasteiger partial charge in [0.15, 0.2) is 0 Å². The fourth-order valence-corrected chi connectivity index (χ4v) is 2.80. The minimum absolute atomic E-state index is 0.0259. The SMILES string of the molecule is O=C(N1CCCCC1)C1(F)C(F)(F)C(F)(F)C(F)(F)C(F)(F)C1(F)F. The van der Waals surface area contributed by atoms with Crippen LogP contribution in [0.1, 0.15) is 19.3 Å². The van der Waals surface area contributed by atoms with E-state index < -0.39 is 54.3 Å². The lowest BCUT2D eigenvalue weighted by molar-refractivity contribution is -0.477. The van der Waals surface area contributed by atoms with Crippen LogP contribution in [0.25, 0.3) is 0 Å². The van der Waals surface area contributed by atoms with Gasteiger partial charge in [0.1, 0.15) is 0 Å². The van der Waals surface area contributed by atoms with Gasteiger partial charge in [0.25, 0.3) is 5.91 Å². The zero-order chi connectivity index (χ0) is 19.7. The molecule has 2 nitrogen and oxygen atoms in total. The monoisotopic (exact) mass is 393 g/mol. The third kappa shape index (κ3) is 1.95. The molecule has 0 N–H and O–H groups in total. The van der Waals surface area contributed by atoms with E-state index >= 15 is 0 Å². The Morgan fingerprint density at radius 1 is 0.560 bits per heavy atom. The van der Waals surface area contributed by atoms with Crippen LogP contribution in [-0.4, -0.2) is 59.2 Å². The van der Waals surface area contributed by atoms with E-state index in [0.717, 1.165) is 0 Å². The van der Waals surface area contributed by atoms with E-state index in [0.29, 0.717) is 6.42 Å². The number of hydrogen-bond donors (Lipinski definition) is 0. The zero-order valence-corrected chi connectivity index (χ0v) is 12.0. The van der Waals surface area contributed by atoms with E-state index in [9.17, 15) is 53.1 Å². The van der Waals surface area contributed by atoms with Crippen LogP contribution in [0.3, 0.4) is 0 Å². The second kappa shape index (κ2) is 5.12. The number of carbonyl (C=O) groups excluding carboxylic acids is 1. The molecule has 13 heteroatoms. The van der Waals surface area contributed by atoms with E-state index in [4.69, 9.17) is 0 Å². The molecule has 0 aromatic heterocycles. The van der Waals surface area contributed by atoms with E-state index in [-0.39, 0.29) is 17.7 Å². The Morgan fingerprint density at radius 2 is 0.880 bits per heavy atom. The molecule has 0 atom stereocenters. The van der Waals surface area contributed by atoms with Crippen molar-refractivity contribution in [2.75, 3.05) is 13.1 Å². The molecule has 1 saturated carbocycles. The molecular weight excluding hydrogens is 383 g/mol. The lowest BCUT2D eigenvalue weighted by atomic mass is 9.71. The first-order valence-electron chi connectivity index (χ1n) is 6.89. The van der Waals surface area contributed by atoms with Crippen molar-refractivity contribution in [1.82, 2.24) is 4.90 Å². The summed E-state index contributed by atoms with van der Waals surface area (Å²) in [5, 5.41) is 0. The first-order chi connectivity index (χ1) is 11.0. The van der Waals surface area contributed by atoms with Crippen LogP contribution in [0.15, 0.2) is 0 Å². The summed E-state index contributed by atoms with van der Waals surface area (Å²) in [5.41, 5.74) is -6.55. The highest BCUT2D eigenvalue weighted by Gasteiger charge is 3.03. The van der Waals surface area contributed by atoms with Crippen molar-refractivity contribution in [1.29, 1.82) is 0 Å². The van der Waals surface area contributed by atoms with Crippen LogP contribution in [0, 0.1) is 0 Å². The predicted molar refractivity (Wildman–Crippen MR) is 59.0 cm³/mol. The van der Waals surface area contributed by atoms with Gasteiger partial charge in [-0.25, -0.2) is 4.39 Å². The third-order valence-electron chi connectivity index (χ3n) is 4.38. The van der Waals surface area contributed by atoms with Gasteiger partial charge in [0, 0.05) is 13.1 Å². The summed E-state index contributed by atoms with van der Waals surface area (Å²) in [6, 6.07) is 0. The number of halogens is 11. The number of likely N-dealkylation sites (tertiary alicyclic amines) is 1. The second-order valence-electron chi connectivity index (χ2n) is 5.88. The van der Waals surface area contributed by atoms with Crippen LogP contribution in [0.5, 0.6) is 0 Å². The van der Waals surface area contributed by atoms with Crippen LogP contribution >= 0.6 is 0 Å². The maximum Gasteiger partial charge on any atom is 0.384 e. The summed E-state index contributed by atoms with van der Waals surface area (Å²) >= 11 is 0. The molecule has 2 fully saturated rings. The molecule has 1 heterocycles. The van der Waals surface area contributed by atoms with Gasteiger partial charge in [-0.3, -0.25) is 4.79 Å². The number of amides is 1. The molecule has 1 amide bonds. The van der Waals surface area contributed by atoms with Crippen molar-refractivity contribution < 1.29 is 53.1 Å². The molecule has 2 rings (SSSR count). The lowest BCUT2D eigenvalue weighted by Gasteiger charge is -2.52. The Hall–Kier alpha value is -1.30. The summed E-state index contributed by atoms with van der Waals surface area (Å²) in [6.07, 6.45) is 0.296. The van der Waals surface area contributed by atoms with Gasteiger partial charge in [-0.05, 0) is 19.3 Å². The molecule has 2 aliphatic rings. The largest absolute Gasteiger partial charge is 0.384 e. The Balaban J connectivity index is 2.71. The molecule has 0 aromatic carbocycles. The smallest absolute Gasteiger partial charge is 0.339 e. The number of hydrogen-bond acceptors (Lipinski definition) is 1. The van der Waals surface area contributed by atoms with Crippen LogP contribution in [-0.2, 0) is 4.79 Å². The topological polar surface area (TPSA) is 20.3 Å². The summed E-state index contributed by atoms with van der Waals surface area (Å²) in [7, 11) is 0. The first-order valence-corrected chi connectivity index (χ1v) is 6.89. The number of alkyl halides is 11.